The van der Waals surface area contributed by atoms with Crippen molar-refractivity contribution < 1.29 is 37.3 Å². The lowest BCUT2D eigenvalue weighted by Crippen LogP contribution is -2.50. The number of ketones is 1. The summed E-state index contributed by atoms with van der Waals surface area (Å²) in [6.07, 6.45) is 1.06. The zero-order valence-electron chi connectivity index (χ0n) is 17.4. The summed E-state index contributed by atoms with van der Waals surface area (Å²) >= 11 is 0. The van der Waals surface area contributed by atoms with E-state index >= 15 is 0 Å². The number of hydrogen-bond acceptors (Lipinski definition) is 6. The van der Waals surface area contributed by atoms with Gasteiger partial charge < -0.3 is 23.7 Å². The topological polar surface area (TPSA) is 63.2 Å². The van der Waals surface area contributed by atoms with Crippen molar-refractivity contribution in [3.05, 3.63) is 41.5 Å². The molecule has 0 amide bonds. The van der Waals surface area contributed by atoms with Crippen LogP contribution >= 0.6 is 0 Å². The molecule has 0 saturated carbocycles. The molecule has 0 spiro atoms. The molecular formula is C23H24F2O6. The van der Waals surface area contributed by atoms with Crippen LogP contribution in [0.15, 0.2) is 30.3 Å². The second-order valence-electron chi connectivity index (χ2n) is 7.82. The number of ether oxygens (including phenoxy) is 5. The van der Waals surface area contributed by atoms with Gasteiger partial charge in [-0.15, -0.1) is 0 Å². The third-order valence-electron chi connectivity index (χ3n) is 5.65. The van der Waals surface area contributed by atoms with Gasteiger partial charge >= 0.3 is 6.61 Å². The Balaban J connectivity index is 1.79. The average molecular weight is 434 g/mol. The molecule has 1 heterocycles. The van der Waals surface area contributed by atoms with Crippen molar-refractivity contribution in [1.29, 1.82) is 0 Å². The Hall–Kier alpha value is -2.71. The Morgan fingerprint density at radius 3 is 2.42 bits per heavy atom. The highest BCUT2D eigenvalue weighted by Gasteiger charge is 2.40. The van der Waals surface area contributed by atoms with Crippen LogP contribution in [-0.4, -0.2) is 53.0 Å². The maximum absolute atomic E-state index is 13.0. The molecule has 8 heteroatoms. The molecule has 2 aliphatic rings. The van der Waals surface area contributed by atoms with Gasteiger partial charge in [0.2, 0.25) is 5.75 Å². The predicted molar refractivity (Wildman–Crippen MR) is 108 cm³/mol. The normalized spacial score (nSPS) is 16.7. The molecule has 0 unspecified atom stereocenters. The fourth-order valence-corrected chi connectivity index (χ4v) is 4.16. The van der Waals surface area contributed by atoms with Crippen LogP contribution in [0.2, 0.25) is 0 Å². The van der Waals surface area contributed by atoms with Gasteiger partial charge in [0.1, 0.15) is 6.61 Å². The Morgan fingerprint density at radius 2 is 1.77 bits per heavy atom. The summed E-state index contributed by atoms with van der Waals surface area (Å²) in [5.74, 6) is 0.337. The fourth-order valence-electron chi connectivity index (χ4n) is 4.16. The van der Waals surface area contributed by atoms with Crippen molar-refractivity contribution in [2.75, 3.05) is 40.6 Å². The van der Waals surface area contributed by atoms with Gasteiger partial charge in [-0.1, -0.05) is 18.2 Å². The van der Waals surface area contributed by atoms with E-state index in [4.69, 9.17) is 18.9 Å². The lowest BCUT2D eigenvalue weighted by Gasteiger charge is -2.40. The standard InChI is InChI=1S/C23H24F2O6/c1-27-10-23(11-29-12-23)13-30-20-17(7-9-19(21(20)28-2)31-22(24)25)14-4-3-5-16-15(14)6-8-18(16)26/h3-5,7,9,22H,6,8,10-13H2,1-2H3. The zero-order chi connectivity index (χ0) is 22.0. The molecule has 0 radical (unpaired) electrons. The van der Waals surface area contributed by atoms with Crippen molar-refractivity contribution >= 4 is 5.78 Å². The molecule has 31 heavy (non-hydrogen) atoms. The molecule has 2 aromatic carbocycles. The van der Waals surface area contributed by atoms with Crippen LogP contribution in [0.25, 0.3) is 11.1 Å². The van der Waals surface area contributed by atoms with Crippen molar-refractivity contribution in [3.8, 4) is 28.4 Å². The van der Waals surface area contributed by atoms with Gasteiger partial charge in [-0.25, -0.2) is 0 Å². The van der Waals surface area contributed by atoms with Crippen LogP contribution in [0.4, 0.5) is 8.78 Å². The highest BCUT2D eigenvalue weighted by atomic mass is 19.3. The van der Waals surface area contributed by atoms with Crippen molar-refractivity contribution in [2.24, 2.45) is 5.41 Å². The first kappa shape index (κ1) is 21.5. The number of rotatable bonds is 9. The SMILES string of the molecule is COCC1(COc2c(-c3cccc4c3CCC4=O)ccc(OC(F)F)c2OC)COC1. The summed E-state index contributed by atoms with van der Waals surface area (Å²) < 4.78 is 52.9. The van der Waals surface area contributed by atoms with E-state index in [1.807, 2.05) is 12.1 Å². The van der Waals surface area contributed by atoms with E-state index in [2.05, 4.69) is 4.74 Å². The van der Waals surface area contributed by atoms with Crippen LogP contribution in [0.5, 0.6) is 17.2 Å². The van der Waals surface area contributed by atoms with Gasteiger partial charge in [-0.3, -0.25) is 4.79 Å². The van der Waals surface area contributed by atoms with Crippen LogP contribution in [0.1, 0.15) is 22.3 Å². The number of carbonyl (C=O) groups is 1. The summed E-state index contributed by atoms with van der Waals surface area (Å²) in [5, 5.41) is 0. The van der Waals surface area contributed by atoms with Gasteiger partial charge in [0.15, 0.2) is 17.3 Å². The molecule has 0 atom stereocenters. The highest BCUT2D eigenvalue weighted by molar-refractivity contribution is 6.02. The molecule has 1 fully saturated rings. The Kier molecular flexibility index (Phi) is 6.11. The Morgan fingerprint density at radius 1 is 1.00 bits per heavy atom. The molecule has 0 N–H and O–H groups in total. The summed E-state index contributed by atoms with van der Waals surface area (Å²) in [6, 6.07) is 8.60. The number of alkyl halides is 2. The number of Topliss-reactive ketones (excluding diaryl/α,β-unsaturated/α-hetero) is 1. The van der Waals surface area contributed by atoms with E-state index in [1.54, 1.807) is 19.2 Å². The number of halogens is 2. The van der Waals surface area contributed by atoms with Gasteiger partial charge in [-0.05, 0) is 29.7 Å². The quantitative estimate of drug-likeness (QED) is 0.591. The van der Waals surface area contributed by atoms with E-state index in [0.717, 1.165) is 11.1 Å². The fraction of sp³-hybridized carbons (Fsp3) is 0.435. The van der Waals surface area contributed by atoms with Crippen LogP contribution in [0.3, 0.4) is 0 Å². The maximum Gasteiger partial charge on any atom is 0.387 e. The molecule has 6 nitrogen and oxygen atoms in total. The highest BCUT2D eigenvalue weighted by Crippen LogP contribution is 2.47. The van der Waals surface area contributed by atoms with Crippen LogP contribution < -0.4 is 14.2 Å². The Bertz CT molecular complexity index is 971. The molecule has 4 rings (SSSR count). The van der Waals surface area contributed by atoms with Gasteiger partial charge in [-0.2, -0.15) is 8.78 Å². The number of fused-ring (bicyclic) bond motifs is 1. The monoisotopic (exact) mass is 434 g/mol. The lowest BCUT2D eigenvalue weighted by atomic mass is 9.88. The molecule has 166 valence electrons. The molecule has 1 aliphatic carbocycles. The number of hydrogen-bond donors (Lipinski definition) is 0. The second-order valence-corrected chi connectivity index (χ2v) is 7.82. The van der Waals surface area contributed by atoms with E-state index in [-0.39, 0.29) is 35.1 Å². The predicted octanol–water partition coefficient (Wildman–Crippen LogP) is 4.13. The van der Waals surface area contributed by atoms with Gasteiger partial charge in [0.25, 0.3) is 0 Å². The van der Waals surface area contributed by atoms with E-state index in [0.29, 0.717) is 43.8 Å². The first-order valence-electron chi connectivity index (χ1n) is 9.99. The summed E-state index contributed by atoms with van der Waals surface area (Å²) in [5.41, 5.74) is 2.73. The average Bonchev–Trinajstić information content (AvgIpc) is 3.11. The van der Waals surface area contributed by atoms with E-state index in [9.17, 15) is 13.6 Å². The molecule has 1 saturated heterocycles. The third kappa shape index (κ3) is 4.09. The van der Waals surface area contributed by atoms with Crippen molar-refractivity contribution in [2.45, 2.75) is 19.5 Å². The molecule has 2 aromatic rings. The first-order valence-corrected chi connectivity index (χ1v) is 9.99. The number of carbonyl (C=O) groups excluding carboxylic acids is 1. The summed E-state index contributed by atoms with van der Waals surface area (Å²) in [4.78, 5) is 12.2. The van der Waals surface area contributed by atoms with Crippen LogP contribution in [-0.2, 0) is 15.9 Å². The Labute approximate surface area is 179 Å². The smallest absolute Gasteiger partial charge is 0.387 e. The van der Waals surface area contributed by atoms with Gasteiger partial charge in [0, 0.05) is 24.7 Å². The molecule has 0 aromatic heterocycles. The third-order valence-corrected chi connectivity index (χ3v) is 5.65. The number of benzene rings is 2. The summed E-state index contributed by atoms with van der Waals surface area (Å²) in [6.45, 7) is -1.38. The number of methoxy groups -OCH3 is 2. The minimum Gasteiger partial charge on any atom is -0.490 e. The van der Waals surface area contributed by atoms with E-state index in [1.165, 1.54) is 13.2 Å². The lowest BCUT2D eigenvalue weighted by molar-refractivity contribution is -0.159. The second kappa shape index (κ2) is 8.80. The minimum atomic E-state index is -3.01. The first-order chi connectivity index (χ1) is 15.0. The molecule has 0 bridgehead atoms. The van der Waals surface area contributed by atoms with Gasteiger partial charge in [0.05, 0.1) is 32.3 Å². The minimum absolute atomic E-state index is 0.0764. The largest absolute Gasteiger partial charge is 0.490 e. The molecule has 1 aliphatic heterocycles. The molecular weight excluding hydrogens is 410 g/mol. The van der Waals surface area contributed by atoms with E-state index < -0.39 is 6.61 Å². The van der Waals surface area contributed by atoms with Crippen LogP contribution in [0, 0.1) is 5.41 Å². The van der Waals surface area contributed by atoms with Crippen molar-refractivity contribution in [1.82, 2.24) is 0 Å². The summed E-state index contributed by atoms with van der Waals surface area (Å²) in [7, 11) is 2.98. The van der Waals surface area contributed by atoms with Crippen molar-refractivity contribution in [3.63, 3.8) is 0 Å². The zero-order valence-corrected chi connectivity index (χ0v) is 17.4. The maximum atomic E-state index is 13.0.